The lowest BCUT2D eigenvalue weighted by molar-refractivity contribution is -0.116. The fraction of sp³-hybridized carbons (Fsp3) is 0.192. The Kier molecular flexibility index (Phi) is 8.59. The van der Waals surface area contributed by atoms with E-state index < -0.39 is 0 Å². The van der Waals surface area contributed by atoms with Crippen LogP contribution < -0.4 is 21.3 Å². The molecule has 7 heteroatoms. The fourth-order valence-corrected chi connectivity index (χ4v) is 3.14. The maximum Gasteiger partial charge on any atom is 0.243 e. The summed E-state index contributed by atoms with van der Waals surface area (Å²) >= 11 is 0. The summed E-state index contributed by atoms with van der Waals surface area (Å²) in [5.74, 6) is -0.387. The molecule has 0 atom stereocenters. The van der Waals surface area contributed by atoms with Crippen molar-refractivity contribution in [3.05, 3.63) is 84.4 Å². The zero-order valence-electron chi connectivity index (χ0n) is 18.6. The molecule has 0 aliphatic heterocycles. The third-order valence-electron chi connectivity index (χ3n) is 4.83. The molecule has 0 unspecified atom stereocenters. The van der Waals surface area contributed by atoms with Crippen LogP contribution in [0.25, 0.3) is 0 Å². The Labute approximate surface area is 193 Å². The summed E-state index contributed by atoms with van der Waals surface area (Å²) in [6.45, 7) is 1.83. The van der Waals surface area contributed by atoms with Crippen molar-refractivity contribution in [3.8, 4) is 0 Å². The molecular weight excluding hydrogens is 416 g/mol. The molecule has 33 heavy (non-hydrogen) atoms. The van der Waals surface area contributed by atoms with Crippen molar-refractivity contribution in [2.24, 2.45) is 0 Å². The zero-order chi connectivity index (χ0) is 23.5. The lowest BCUT2D eigenvalue weighted by Gasteiger charge is -2.11. The molecule has 0 aliphatic rings. The average Bonchev–Trinajstić information content (AvgIpc) is 2.82. The highest BCUT2D eigenvalue weighted by Crippen LogP contribution is 2.17. The van der Waals surface area contributed by atoms with Crippen LogP contribution in [0.1, 0.15) is 25.3 Å². The minimum atomic E-state index is -0.230. The van der Waals surface area contributed by atoms with Gasteiger partial charge in [-0.3, -0.25) is 14.4 Å². The molecule has 0 radical (unpaired) electrons. The van der Waals surface area contributed by atoms with Crippen LogP contribution in [0.4, 0.5) is 22.7 Å². The van der Waals surface area contributed by atoms with Gasteiger partial charge in [0.25, 0.3) is 0 Å². The molecule has 0 aromatic heterocycles. The Bertz CT molecular complexity index is 1100. The van der Waals surface area contributed by atoms with Crippen molar-refractivity contribution < 1.29 is 14.4 Å². The Balaban J connectivity index is 1.47. The summed E-state index contributed by atoms with van der Waals surface area (Å²) in [5, 5.41) is 11.5. The first-order valence-electron chi connectivity index (χ1n) is 10.9. The number of rotatable bonds is 10. The van der Waals surface area contributed by atoms with Crippen molar-refractivity contribution >= 4 is 40.5 Å². The van der Waals surface area contributed by atoms with Crippen LogP contribution in [0, 0.1) is 0 Å². The van der Waals surface area contributed by atoms with Gasteiger partial charge in [0, 0.05) is 35.6 Å². The van der Waals surface area contributed by atoms with Crippen molar-refractivity contribution in [2.45, 2.75) is 26.2 Å². The van der Waals surface area contributed by atoms with Gasteiger partial charge in [0.05, 0.1) is 6.54 Å². The molecule has 0 spiro atoms. The summed E-state index contributed by atoms with van der Waals surface area (Å²) in [6, 6.07) is 24.1. The molecule has 170 valence electrons. The summed E-state index contributed by atoms with van der Waals surface area (Å²) in [7, 11) is 0. The summed E-state index contributed by atoms with van der Waals surface area (Å²) in [6.07, 6.45) is 1.45. The molecule has 7 nitrogen and oxygen atoms in total. The second-order valence-electron chi connectivity index (χ2n) is 7.50. The van der Waals surface area contributed by atoms with Crippen LogP contribution in [0.2, 0.25) is 0 Å². The van der Waals surface area contributed by atoms with E-state index in [1.165, 1.54) is 0 Å². The fourth-order valence-electron chi connectivity index (χ4n) is 3.14. The monoisotopic (exact) mass is 444 g/mol. The lowest BCUT2D eigenvalue weighted by Crippen LogP contribution is -2.22. The van der Waals surface area contributed by atoms with Crippen LogP contribution in [0.3, 0.4) is 0 Å². The Morgan fingerprint density at radius 1 is 0.636 bits per heavy atom. The predicted molar refractivity (Wildman–Crippen MR) is 132 cm³/mol. The van der Waals surface area contributed by atoms with Gasteiger partial charge in [-0.05, 0) is 48.4 Å². The summed E-state index contributed by atoms with van der Waals surface area (Å²) in [4.78, 5) is 36.1. The number of hydrogen-bond acceptors (Lipinski definition) is 4. The molecule has 0 aliphatic carbocycles. The zero-order valence-corrected chi connectivity index (χ0v) is 18.6. The van der Waals surface area contributed by atoms with Crippen molar-refractivity contribution in [3.63, 3.8) is 0 Å². The number of carbonyl (C=O) groups excluding carboxylic acids is 3. The van der Waals surface area contributed by atoms with Gasteiger partial charge in [0.2, 0.25) is 17.7 Å². The number of carbonyl (C=O) groups is 3. The maximum absolute atomic E-state index is 12.3. The second kappa shape index (κ2) is 12.0. The molecule has 0 saturated heterocycles. The quantitative estimate of drug-likeness (QED) is 0.366. The highest BCUT2D eigenvalue weighted by atomic mass is 16.2. The first-order valence-corrected chi connectivity index (χ1v) is 10.9. The molecule has 3 amide bonds. The highest BCUT2D eigenvalue weighted by Gasteiger charge is 2.07. The van der Waals surface area contributed by atoms with Crippen molar-refractivity contribution in [1.82, 2.24) is 0 Å². The Hall–Kier alpha value is -4.13. The van der Waals surface area contributed by atoms with E-state index in [-0.39, 0.29) is 24.3 Å². The molecule has 4 N–H and O–H groups in total. The molecule has 0 saturated carbocycles. The minimum Gasteiger partial charge on any atom is -0.376 e. The molecule has 3 rings (SSSR count). The van der Waals surface area contributed by atoms with Gasteiger partial charge in [-0.25, -0.2) is 0 Å². The van der Waals surface area contributed by atoms with Gasteiger partial charge in [-0.15, -0.1) is 0 Å². The molecule has 3 aromatic carbocycles. The molecule has 0 heterocycles. The van der Waals surface area contributed by atoms with Crippen molar-refractivity contribution in [1.29, 1.82) is 0 Å². The first kappa shape index (κ1) is 23.5. The standard InChI is InChI=1S/C26H28N4O3/c1-2-24(31)28-22-12-7-13-23(17-22)30-26(33)18-27-20-10-6-11-21(16-20)29-25(32)15-14-19-8-4-3-5-9-19/h3-13,16-17,27H,2,14-15,18H2,1H3,(H,28,31)(H,29,32)(H,30,33). The average molecular weight is 445 g/mol. The maximum atomic E-state index is 12.3. The SMILES string of the molecule is CCC(=O)Nc1cccc(NC(=O)CNc2cccc(NC(=O)CCc3ccccc3)c2)c1. The predicted octanol–water partition coefficient (Wildman–Crippen LogP) is 4.66. The van der Waals surface area contributed by atoms with E-state index in [0.29, 0.717) is 36.3 Å². The minimum absolute atomic E-state index is 0.0525. The van der Waals surface area contributed by atoms with Crippen LogP contribution in [0.5, 0.6) is 0 Å². The highest BCUT2D eigenvalue weighted by molar-refractivity contribution is 5.96. The van der Waals surface area contributed by atoms with E-state index in [0.717, 1.165) is 11.3 Å². The van der Waals surface area contributed by atoms with Crippen LogP contribution >= 0.6 is 0 Å². The van der Waals surface area contributed by atoms with Gasteiger partial charge >= 0.3 is 0 Å². The van der Waals surface area contributed by atoms with Gasteiger partial charge in [-0.1, -0.05) is 49.4 Å². The van der Waals surface area contributed by atoms with Crippen LogP contribution in [-0.4, -0.2) is 24.3 Å². The van der Waals surface area contributed by atoms with Gasteiger partial charge in [-0.2, -0.15) is 0 Å². The largest absolute Gasteiger partial charge is 0.376 e. The van der Waals surface area contributed by atoms with Crippen molar-refractivity contribution in [2.75, 3.05) is 27.8 Å². The van der Waals surface area contributed by atoms with Crippen LogP contribution in [-0.2, 0) is 20.8 Å². The number of hydrogen-bond donors (Lipinski definition) is 4. The van der Waals surface area contributed by atoms with E-state index in [4.69, 9.17) is 0 Å². The molecule has 0 bridgehead atoms. The van der Waals surface area contributed by atoms with E-state index in [9.17, 15) is 14.4 Å². The number of nitrogens with one attached hydrogen (secondary N) is 4. The summed E-state index contributed by atoms with van der Waals surface area (Å²) in [5.41, 5.74) is 3.72. The third kappa shape index (κ3) is 8.14. The topological polar surface area (TPSA) is 99.3 Å². The summed E-state index contributed by atoms with van der Waals surface area (Å²) < 4.78 is 0. The molecular formula is C26H28N4O3. The van der Waals surface area contributed by atoms with Gasteiger partial charge in [0.1, 0.15) is 0 Å². The Morgan fingerprint density at radius 2 is 1.18 bits per heavy atom. The van der Waals surface area contributed by atoms with E-state index >= 15 is 0 Å². The third-order valence-corrected chi connectivity index (χ3v) is 4.83. The van der Waals surface area contributed by atoms with Crippen LogP contribution in [0.15, 0.2) is 78.9 Å². The number of aryl methyl sites for hydroxylation is 1. The normalized spacial score (nSPS) is 10.2. The number of anilines is 4. The lowest BCUT2D eigenvalue weighted by atomic mass is 10.1. The molecule has 3 aromatic rings. The van der Waals surface area contributed by atoms with E-state index in [1.54, 1.807) is 37.3 Å². The van der Waals surface area contributed by atoms with E-state index in [2.05, 4.69) is 21.3 Å². The smallest absolute Gasteiger partial charge is 0.243 e. The van der Waals surface area contributed by atoms with Gasteiger partial charge in [0.15, 0.2) is 0 Å². The number of amides is 3. The van der Waals surface area contributed by atoms with E-state index in [1.807, 2.05) is 48.5 Å². The first-order chi connectivity index (χ1) is 16.0. The number of benzene rings is 3. The Morgan fingerprint density at radius 3 is 1.82 bits per heavy atom. The second-order valence-corrected chi connectivity index (χ2v) is 7.50. The van der Waals surface area contributed by atoms with Gasteiger partial charge < -0.3 is 21.3 Å². The molecule has 0 fully saturated rings.